The smallest absolute Gasteiger partial charge is 0.246 e. The molecule has 0 unspecified atom stereocenters. The van der Waals surface area contributed by atoms with Gasteiger partial charge in [-0.25, -0.2) is 21.1 Å². The number of halogens is 1. The number of nitrogens with one attached hydrogen (secondary N) is 1. The predicted molar refractivity (Wildman–Crippen MR) is 133 cm³/mol. The fourth-order valence-corrected chi connectivity index (χ4v) is 6.54. The Morgan fingerprint density at radius 2 is 1.71 bits per heavy atom. The average Bonchev–Trinajstić information content (AvgIpc) is 2.84. The van der Waals surface area contributed by atoms with Gasteiger partial charge in [0.2, 0.25) is 26.0 Å². The number of hydrogen-bond donors (Lipinski definition) is 1. The van der Waals surface area contributed by atoms with E-state index < -0.39 is 20.0 Å². The Labute approximate surface area is 212 Å². The number of nitrogens with zero attached hydrogens (tertiary/aromatic N) is 2. The highest BCUT2D eigenvalue weighted by Gasteiger charge is 2.34. The molecule has 2 aromatic carbocycles. The Kier molecular flexibility index (Phi) is 8.81. The van der Waals surface area contributed by atoms with Crippen molar-refractivity contribution in [2.75, 3.05) is 33.8 Å². The number of carbonyl (C=O) groups is 1. The van der Waals surface area contributed by atoms with Crippen molar-refractivity contribution in [1.82, 2.24) is 13.9 Å². The fraction of sp³-hybridized carbons (Fsp3) is 0.435. The van der Waals surface area contributed by atoms with E-state index in [0.29, 0.717) is 24.5 Å². The van der Waals surface area contributed by atoms with Gasteiger partial charge >= 0.3 is 0 Å². The fourth-order valence-electron chi connectivity index (χ4n) is 3.78. The van der Waals surface area contributed by atoms with Crippen LogP contribution in [0.2, 0.25) is 5.02 Å². The molecule has 0 aliphatic carbocycles. The first-order valence-corrected chi connectivity index (χ1v) is 14.4. The van der Waals surface area contributed by atoms with Crippen LogP contribution in [0.25, 0.3) is 0 Å². The molecule has 0 saturated carbocycles. The summed E-state index contributed by atoms with van der Waals surface area (Å²) in [7, 11) is -4.41. The molecule has 12 heteroatoms. The Hall–Kier alpha value is -2.18. The van der Waals surface area contributed by atoms with Crippen molar-refractivity contribution in [3.8, 4) is 5.75 Å². The van der Waals surface area contributed by atoms with Crippen molar-refractivity contribution in [1.29, 1.82) is 0 Å². The summed E-state index contributed by atoms with van der Waals surface area (Å²) in [6.45, 7) is 2.75. The summed E-state index contributed by atoms with van der Waals surface area (Å²) >= 11 is 6.03. The van der Waals surface area contributed by atoms with E-state index in [0.717, 1.165) is 9.87 Å². The molecular weight excluding hydrogens is 514 g/mol. The van der Waals surface area contributed by atoms with Crippen molar-refractivity contribution in [2.24, 2.45) is 5.92 Å². The molecule has 0 aromatic heterocycles. The second-order valence-corrected chi connectivity index (χ2v) is 12.8. The first kappa shape index (κ1) is 27.4. The highest BCUT2D eigenvalue weighted by Crippen LogP contribution is 2.32. The molecule has 0 spiro atoms. The van der Waals surface area contributed by atoms with Gasteiger partial charge in [0.25, 0.3) is 0 Å². The molecule has 1 fully saturated rings. The molecule has 1 aliphatic rings. The van der Waals surface area contributed by atoms with Crippen LogP contribution in [-0.4, -0.2) is 65.1 Å². The Morgan fingerprint density at radius 3 is 2.29 bits per heavy atom. The van der Waals surface area contributed by atoms with Gasteiger partial charge < -0.3 is 10.1 Å². The van der Waals surface area contributed by atoms with Crippen LogP contribution in [0.1, 0.15) is 25.3 Å². The van der Waals surface area contributed by atoms with Gasteiger partial charge in [0.05, 0.1) is 11.5 Å². The van der Waals surface area contributed by atoms with Crippen molar-refractivity contribution in [3.63, 3.8) is 0 Å². The van der Waals surface area contributed by atoms with Crippen molar-refractivity contribution in [2.45, 2.75) is 36.1 Å². The summed E-state index contributed by atoms with van der Waals surface area (Å²) in [5.41, 5.74) is 0.764. The van der Waals surface area contributed by atoms with Crippen molar-refractivity contribution in [3.05, 3.63) is 53.1 Å². The second-order valence-electron chi connectivity index (χ2n) is 8.35. The largest absolute Gasteiger partial charge is 0.492 e. The minimum atomic E-state index is -3.82. The maximum absolute atomic E-state index is 13.2. The Bertz CT molecular complexity index is 1260. The Morgan fingerprint density at radius 1 is 1.09 bits per heavy atom. The zero-order valence-electron chi connectivity index (χ0n) is 19.9. The molecule has 1 heterocycles. The number of carbonyl (C=O) groups excluding carboxylic acids is 1. The number of piperidine rings is 1. The van der Waals surface area contributed by atoms with Crippen molar-refractivity contribution >= 4 is 37.6 Å². The third-order valence-electron chi connectivity index (χ3n) is 5.82. The number of hydrogen-bond acceptors (Lipinski definition) is 6. The van der Waals surface area contributed by atoms with Crippen LogP contribution < -0.4 is 10.1 Å². The van der Waals surface area contributed by atoms with Gasteiger partial charge in [-0.15, -0.1) is 0 Å². The van der Waals surface area contributed by atoms with E-state index >= 15 is 0 Å². The number of rotatable bonds is 9. The van der Waals surface area contributed by atoms with Gasteiger partial charge in [-0.05, 0) is 55.7 Å². The van der Waals surface area contributed by atoms with E-state index in [-0.39, 0.29) is 47.0 Å². The summed E-state index contributed by atoms with van der Waals surface area (Å²) in [4.78, 5) is 12.9. The molecule has 0 atom stereocenters. The van der Waals surface area contributed by atoms with Gasteiger partial charge in [0.1, 0.15) is 10.6 Å². The maximum atomic E-state index is 13.2. The summed E-state index contributed by atoms with van der Waals surface area (Å²) in [6.07, 6.45) is 0.769. The lowest BCUT2D eigenvalue weighted by Crippen LogP contribution is -2.43. The molecule has 0 bridgehead atoms. The predicted octanol–water partition coefficient (Wildman–Crippen LogP) is 2.71. The maximum Gasteiger partial charge on any atom is 0.246 e. The van der Waals surface area contributed by atoms with Crippen LogP contribution in [0.15, 0.2) is 52.3 Å². The molecule has 1 N–H and O–H groups in total. The van der Waals surface area contributed by atoms with Crippen LogP contribution in [0.5, 0.6) is 5.75 Å². The van der Waals surface area contributed by atoms with E-state index in [9.17, 15) is 21.6 Å². The van der Waals surface area contributed by atoms with E-state index in [2.05, 4.69) is 5.32 Å². The zero-order chi connectivity index (χ0) is 25.8. The molecule has 192 valence electrons. The molecule has 0 radical (unpaired) electrons. The topological polar surface area (TPSA) is 113 Å². The van der Waals surface area contributed by atoms with Crippen molar-refractivity contribution < 1.29 is 26.4 Å². The minimum Gasteiger partial charge on any atom is -0.492 e. The van der Waals surface area contributed by atoms with Gasteiger partial charge in [-0.2, -0.15) is 4.31 Å². The number of benzene rings is 2. The monoisotopic (exact) mass is 543 g/mol. The SMILES string of the molecule is CCOc1ccc(Cl)cc1S(=O)(=O)N1CCC(C(=O)NCc2ccc(S(=O)(=O)N(C)C)cc2)CC1. The molecule has 2 aromatic rings. The van der Waals surface area contributed by atoms with Gasteiger partial charge in [0.15, 0.2) is 0 Å². The lowest BCUT2D eigenvalue weighted by molar-refractivity contribution is -0.126. The van der Waals surface area contributed by atoms with Crippen LogP contribution in [-0.2, 0) is 31.4 Å². The van der Waals surface area contributed by atoms with Gasteiger partial charge in [-0.1, -0.05) is 23.7 Å². The average molecular weight is 544 g/mol. The highest BCUT2D eigenvalue weighted by molar-refractivity contribution is 7.89. The molecule has 1 amide bonds. The van der Waals surface area contributed by atoms with Crippen LogP contribution in [0, 0.1) is 5.92 Å². The third kappa shape index (κ3) is 6.34. The molecular formula is C23H30ClN3O6S2. The van der Waals surface area contributed by atoms with E-state index in [1.807, 2.05) is 0 Å². The molecule has 9 nitrogen and oxygen atoms in total. The third-order valence-corrected chi connectivity index (χ3v) is 9.80. The Balaban J connectivity index is 1.58. The summed E-state index contributed by atoms with van der Waals surface area (Å²) in [5.74, 6) is -0.230. The normalized spacial score (nSPS) is 15.8. The lowest BCUT2D eigenvalue weighted by atomic mass is 9.97. The van der Waals surface area contributed by atoms with Gasteiger partial charge in [-0.3, -0.25) is 4.79 Å². The summed E-state index contributed by atoms with van der Waals surface area (Å²) in [6, 6.07) is 10.8. The lowest BCUT2D eigenvalue weighted by Gasteiger charge is -2.31. The standard InChI is InChI=1S/C23H30ClN3O6S2/c1-4-33-21-10-7-19(24)15-22(21)35(31,32)27-13-11-18(12-14-27)23(28)25-16-17-5-8-20(9-6-17)34(29,30)26(2)3/h5-10,15,18H,4,11-14,16H2,1-3H3,(H,25,28). The summed E-state index contributed by atoms with van der Waals surface area (Å²) in [5, 5.41) is 3.16. The first-order chi connectivity index (χ1) is 16.5. The number of sulfonamides is 2. The second kappa shape index (κ2) is 11.3. The molecule has 35 heavy (non-hydrogen) atoms. The van der Waals surface area contributed by atoms with Crippen LogP contribution in [0.3, 0.4) is 0 Å². The van der Waals surface area contributed by atoms with E-state index in [4.69, 9.17) is 16.3 Å². The quantitative estimate of drug-likeness (QED) is 0.520. The number of amides is 1. The molecule has 1 saturated heterocycles. The summed E-state index contributed by atoms with van der Waals surface area (Å²) < 4.78 is 58.7. The van der Waals surface area contributed by atoms with E-state index in [1.54, 1.807) is 31.2 Å². The minimum absolute atomic E-state index is 0.0227. The van der Waals surface area contributed by atoms with Gasteiger partial charge in [0, 0.05) is 44.7 Å². The first-order valence-electron chi connectivity index (χ1n) is 11.2. The highest BCUT2D eigenvalue weighted by atomic mass is 35.5. The van der Waals surface area contributed by atoms with E-state index in [1.165, 1.54) is 36.6 Å². The van der Waals surface area contributed by atoms with Crippen LogP contribution in [0.4, 0.5) is 0 Å². The molecule has 1 aliphatic heterocycles. The molecule has 3 rings (SSSR count). The zero-order valence-corrected chi connectivity index (χ0v) is 22.3. The van der Waals surface area contributed by atoms with Crippen LogP contribution >= 0.6 is 11.6 Å². The number of ether oxygens (including phenoxy) is 1.